The molecular weight excluding hydrogens is 428 g/mol. The van der Waals surface area contributed by atoms with Gasteiger partial charge in [0.25, 0.3) is 5.91 Å². The maximum absolute atomic E-state index is 12.3. The number of aromatic nitrogens is 2. The van der Waals surface area contributed by atoms with E-state index >= 15 is 0 Å². The van der Waals surface area contributed by atoms with Crippen LogP contribution >= 0.6 is 27.3 Å². The van der Waals surface area contributed by atoms with E-state index in [1.54, 1.807) is 24.4 Å². The number of sulfonamides is 1. The molecule has 1 aromatic carbocycles. The molecule has 0 unspecified atom stereocenters. The summed E-state index contributed by atoms with van der Waals surface area (Å²) in [5.41, 5.74) is 1.01. The highest BCUT2D eigenvalue weighted by molar-refractivity contribution is 9.10. The Morgan fingerprint density at radius 3 is 2.68 bits per heavy atom. The highest BCUT2D eigenvalue weighted by Gasteiger charge is 2.18. The van der Waals surface area contributed by atoms with E-state index in [0.29, 0.717) is 25.4 Å². The lowest BCUT2D eigenvalue weighted by atomic mass is 10.3. The lowest BCUT2D eigenvalue weighted by Gasteiger charge is -2.10. The molecule has 2 heterocycles. The third-order valence-corrected chi connectivity index (χ3v) is 6.50. The Morgan fingerprint density at radius 2 is 2.00 bits per heavy atom. The van der Waals surface area contributed by atoms with E-state index in [4.69, 9.17) is 0 Å². The van der Waals surface area contributed by atoms with Crippen molar-refractivity contribution in [2.45, 2.75) is 4.90 Å². The smallest absolute Gasteiger partial charge is 0.259 e. The van der Waals surface area contributed by atoms with Crippen LogP contribution in [0.3, 0.4) is 0 Å². The summed E-state index contributed by atoms with van der Waals surface area (Å²) in [7, 11) is -0.566. The van der Waals surface area contributed by atoms with Crippen molar-refractivity contribution in [1.82, 2.24) is 14.3 Å². The summed E-state index contributed by atoms with van der Waals surface area (Å²) in [6, 6.07) is 6.33. The van der Waals surface area contributed by atoms with Gasteiger partial charge in [-0.05, 0) is 40.2 Å². The highest BCUT2D eigenvalue weighted by atomic mass is 79.9. The molecule has 7 nitrogen and oxygen atoms in total. The topological polar surface area (TPSA) is 92.3 Å². The van der Waals surface area contributed by atoms with Gasteiger partial charge >= 0.3 is 0 Å². The van der Waals surface area contributed by atoms with Gasteiger partial charge in [-0.2, -0.15) is 0 Å². The first-order valence-electron chi connectivity index (χ1n) is 7.02. The second-order valence-electron chi connectivity index (χ2n) is 5.28. The summed E-state index contributed by atoms with van der Waals surface area (Å²) in [6.07, 6.45) is 3.04. The number of carbonyl (C=O) groups is 1. The molecule has 0 atom stereocenters. The van der Waals surface area contributed by atoms with E-state index < -0.39 is 10.0 Å². The fourth-order valence-electron chi connectivity index (χ4n) is 2.04. The van der Waals surface area contributed by atoms with Crippen molar-refractivity contribution in [3.8, 4) is 0 Å². The summed E-state index contributed by atoms with van der Waals surface area (Å²) in [4.78, 5) is 20.7. The van der Waals surface area contributed by atoms with E-state index in [1.165, 1.54) is 37.7 Å². The van der Waals surface area contributed by atoms with Gasteiger partial charge in [0.05, 0.1) is 20.7 Å². The number of amides is 1. The van der Waals surface area contributed by atoms with Crippen LogP contribution in [0.4, 0.5) is 5.13 Å². The van der Waals surface area contributed by atoms with Crippen LogP contribution in [0.15, 0.2) is 46.0 Å². The summed E-state index contributed by atoms with van der Waals surface area (Å²) in [5, 5.41) is 3.09. The van der Waals surface area contributed by atoms with Crippen LogP contribution in [0.2, 0.25) is 0 Å². The van der Waals surface area contributed by atoms with Crippen LogP contribution in [0.5, 0.6) is 0 Å². The Morgan fingerprint density at radius 1 is 1.24 bits per heavy atom. The second kappa shape index (κ2) is 6.79. The van der Waals surface area contributed by atoms with Crippen molar-refractivity contribution < 1.29 is 13.2 Å². The number of halogens is 1. The molecule has 0 radical (unpaired) electrons. The summed E-state index contributed by atoms with van der Waals surface area (Å²) < 4.78 is 26.9. The van der Waals surface area contributed by atoms with Crippen molar-refractivity contribution >= 4 is 58.5 Å². The van der Waals surface area contributed by atoms with Crippen molar-refractivity contribution in [1.29, 1.82) is 0 Å². The molecule has 25 heavy (non-hydrogen) atoms. The van der Waals surface area contributed by atoms with E-state index in [2.05, 4.69) is 31.2 Å². The molecule has 3 rings (SSSR count). The third-order valence-electron chi connectivity index (χ3n) is 3.33. The lowest BCUT2D eigenvalue weighted by Crippen LogP contribution is -2.22. The van der Waals surface area contributed by atoms with E-state index in [9.17, 15) is 13.2 Å². The first kappa shape index (κ1) is 17.9. The van der Waals surface area contributed by atoms with Crippen LogP contribution in [0, 0.1) is 0 Å². The number of rotatable bonds is 4. The Hall–Kier alpha value is -1.88. The molecule has 0 aliphatic carbocycles. The molecule has 0 bridgehead atoms. The largest absolute Gasteiger partial charge is 0.298 e. The van der Waals surface area contributed by atoms with Crippen molar-refractivity contribution in [2.75, 3.05) is 19.4 Å². The van der Waals surface area contributed by atoms with Crippen LogP contribution in [-0.4, -0.2) is 42.7 Å². The zero-order valence-electron chi connectivity index (χ0n) is 13.2. The van der Waals surface area contributed by atoms with Crippen LogP contribution in [-0.2, 0) is 10.0 Å². The number of nitrogens with one attached hydrogen (secondary N) is 1. The fourth-order valence-corrected chi connectivity index (χ4v) is 4.30. The number of carbonyl (C=O) groups excluding carboxylic acids is 1. The number of fused-ring (bicyclic) bond motifs is 1. The monoisotopic (exact) mass is 440 g/mol. The van der Waals surface area contributed by atoms with Crippen molar-refractivity contribution in [3.05, 3.63) is 46.7 Å². The lowest BCUT2D eigenvalue weighted by molar-refractivity contribution is 0.102. The van der Waals surface area contributed by atoms with Crippen LogP contribution < -0.4 is 5.32 Å². The van der Waals surface area contributed by atoms with Crippen molar-refractivity contribution in [2.24, 2.45) is 0 Å². The molecule has 2 aromatic heterocycles. The molecule has 0 saturated carbocycles. The number of hydrogen-bond acceptors (Lipinski definition) is 6. The van der Waals surface area contributed by atoms with Gasteiger partial charge in [0.1, 0.15) is 0 Å². The minimum Gasteiger partial charge on any atom is -0.298 e. The Bertz CT molecular complexity index is 1060. The maximum atomic E-state index is 12.3. The molecule has 10 heteroatoms. The van der Waals surface area contributed by atoms with Gasteiger partial charge in [-0.1, -0.05) is 11.3 Å². The molecule has 0 saturated heterocycles. The number of benzene rings is 1. The third kappa shape index (κ3) is 3.71. The predicted octanol–water partition coefficient (Wildman–Crippen LogP) is 2.96. The molecule has 0 aliphatic heterocycles. The molecule has 1 N–H and O–H groups in total. The van der Waals surface area contributed by atoms with Gasteiger partial charge in [-0.15, -0.1) is 0 Å². The molecular formula is C15H13BrN4O3S2. The van der Waals surface area contributed by atoms with Gasteiger partial charge in [-0.3, -0.25) is 15.1 Å². The summed E-state index contributed by atoms with van der Waals surface area (Å²) >= 11 is 4.47. The first-order chi connectivity index (χ1) is 11.8. The van der Waals surface area contributed by atoms with Crippen LogP contribution in [0.1, 0.15) is 10.4 Å². The minimum atomic E-state index is -3.52. The summed E-state index contributed by atoms with van der Waals surface area (Å²) in [5.74, 6) is -0.339. The molecule has 0 spiro atoms. The van der Waals surface area contributed by atoms with E-state index in [0.717, 1.165) is 4.31 Å². The number of pyridine rings is 1. The van der Waals surface area contributed by atoms with Crippen molar-refractivity contribution in [3.63, 3.8) is 0 Å². The van der Waals surface area contributed by atoms with Gasteiger partial charge in [0, 0.05) is 31.0 Å². The normalized spacial score (nSPS) is 11.8. The average Bonchev–Trinajstić information content (AvgIpc) is 2.95. The maximum Gasteiger partial charge on any atom is 0.259 e. The van der Waals surface area contributed by atoms with Gasteiger partial charge in [-0.25, -0.2) is 17.7 Å². The minimum absolute atomic E-state index is 0.183. The number of nitrogens with zero attached hydrogens (tertiary/aromatic N) is 3. The Labute approximate surface area is 156 Å². The molecule has 0 fully saturated rings. The van der Waals surface area contributed by atoms with E-state index in [-0.39, 0.29) is 10.8 Å². The predicted molar refractivity (Wildman–Crippen MR) is 100 cm³/mol. The standard InChI is InChI=1S/C15H13BrN4O3S2/c1-20(2)25(22,23)11-3-4-12-13(6-11)24-15(18-12)19-14(21)9-5-10(16)8-17-7-9/h3-8H,1-2H3,(H,18,19,21). The van der Waals surface area contributed by atoms with Gasteiger partial charge in [0.2, 0.25) is 10.0 Å². The molecule has 130 valence electrons. The van der Waals surface area contributed by atoms with Gasteiger partial charge < -0.3 is 0 Å². The van der Waals surface area contributed by atoms with Crippen LogP contribution in [0.25, 0.3) is 10.2 Å². The zero-order chi connectivity index (χ0) is 18.2. The fraction of sp³-hybridized carbons (Fsp3) is 0.133. The zero-order valence-corrected chi connectivity index (χ0v) is 16.4. The Balaban J connectivity index is 1.90. The molecule has 0 aliphatic rings. The first-order valence-corrected chi connectivity index (χ1v) is 10.1. The quantitative estimate of drug-likeness (QED) is 0.672. The SMILES string of the molecule is CN(C)S(=O)(=O)c1ccc2nc(NC(=O)c3cncc(Br)c3)sc2c1. The number of anilines is 1. The summed E-state index contributed by atoms with van der Waals surface area (Å²) in [6.45, 7) is 0. The molecule has 3 aromatic rings. The number of hydrogen-bond donors (Lipinski definition) is 1. The Kier molecular flexibility index (Phi) is 4.87. The average molecular weight is 441 g/mol. The highest BCUT2D eigenvalue weighted by Crippen LogP contribution is 2.29. The number of thiazole rings is 1. The molecule has 1 amide bonds. The van der Waals surface area contributed by atoms with Gasteiger partial charge in [0.15, 0.2) is 5.13 Å². The second-order valence-corrected chi connectivity index (χ2v) is 9.38. The van der Waals surface area contributed by atoms with E-state index in [1.807, 2.05) is 0 Å².